The molecule has 0 saturated heterocycles. The van der Waals surface area contributed by atoms with Crippen molar-refractivity contribution >= 4 is 17.4 Å². The van der Waals surface area contributed by atoms with Crippen LogP contribution in [0.3, 0.4) is 0 Å². The minimum atomic E-state index is -0.291. The maximum absolute atomic E-state index is 12.6. The second-order valence-electron chi connectivity index (χ2n) is 5.85. The fourth-order valence-electron chi connectivity index (χ4n) is 2.71. The Morgan fingerprint density at radius 2 is 1.96 bits per heavy atom. The predicted molar refractivity (Wildman–Crippen MR) is 94.4 cm³/mol. The van der Waals surface area contributed by atoms with Crippen LogP contribution >= 0.6 is 0 Å². The van der Waals surface area contributed by atoms with Crippen molar-refractivity contribution < 1.29 is 4.79 Å². The van der Waals surface area contributed by atoms with Gasteiger partial charge in [-0.3, -0.25) is 9.89 Å². The summed E-state index contributed by atoms with van der Waals surface area (Å²) >= 11 is 0. The lowest BCUT2D eigenvalue weighted by atomic mass is 10.1. The van der Waals surface area contributed by atoms with Crippen LogP contribution in [0.5, 0.6) is 0 Å². The summed E-state index contributed by atoms with van der Waals surface area (Å²) in [5.41, 5.74) is 4.66. The highest BCUT2D eigenvalue weighted by Gasteiger charge is 2.18. The largest absolute Gasteiger partial charge is 0.305 e. The lowest BCUT2D eigenvalue weighted by molar-refractivity contribution is 0.102. The first-order valence-electron chi connectivity index (χ1n) is 7.85. The molecular weight excluding hydrogens is 316 g/mol. The second-order valence-corrected chi connectivity index (χ2v) is 5.85. The average molecular weight is 332 g/mol. The highest BCUT2D eigenvalue weighted by molar-refractivity contribution is 6.08. The molecule has 25 heavy (non-hydrogen) atoms. The van der Waals surface area contributed by atoms with Crippen LogP contribution in [0.2, 0.25) is 0 Å². The number of H-pyrrole nitrogens is 1. The standard InChI is InChI=1S/C18H16N6O/c1-11-8-19-17-14(9-20-24(17)10-11)18(25)21-16-12(2)15(22-23-16)13-6-4-3-5-7-13/h3-10H,1-2H3,(H2,21,22,23,25). The summed E-state index contributed by atoms with van der Waals surface area (Å²) < 4.78 is 1.59. The first kappa shape index (κ1) is 15.1. The average Bonchev–Trinajstić information content (AvgIpc) is 3.19. The van der Waals surface area contributed by atoms with Crippen LogP contribution in [-0.4, -0.2) is 30.7 Å². The summed E-state index contributed by atoms with van der Waals surface area (Å²) in [4.78, 5) is 16.9. The summed E-state index contributed by atoms with van der Waals surface area (Å²) in [5, 5.41) is 14.2. The first-order chi connectivity index (χ1) is 12.1. The van der Waals surface area contributed by atoms with Crippen LogP contribution in [0.15, 0.2) is 48.9 Å². The van der Waals surface area contributed by atoms with Crippen molar-refractivity contribution in [3.05, 3.63) is 65.6 Å². The maximum Gasteiger partial charge on any atom is 0.262 e. The zero-order valence-electron chi connectivity index (χ0n) is 13.8. The van der Waals surface area contributed by atoms with E-state index >= 15 is 0 Å². The molecule has 0 fully saturated rings. The lowest BCUT2D eigenvalue weighted by Gasteiger charge is -2.03. The third-order valence-electron chi connectivity index (χ3n) is 4.03. The van der Waals surface area contributed by atoms with Gasteiger partial charge in [-0.15, -0.1) is 0 Å². The SMILES string of the molecule is Cc1cnc2c(C(=O)Nc3n[nH]c(-c4ccccc4)c3C)cnn2c1. The van der Waals surface area contributed by atoms with E-state index in [1.165, 1.54) is 6.20 Å². The number of aromatic amines is 1. The number of aromatic nitrogens is 5. The van der Waals surface area contributed by atoms with Gasteiger partial charge in [-0.05, 0) is 25.0 Å². The van der Waals surface area contributed by atoms with Crippen LogP contribution in [0.1, 0.15) is 21.5 Å². The monoisotopic (exact) mass is 332 g/mol. The van der Waals surface area contributed by atoms with E-state index < -0.39 is 0 Å². The topological polar surface area (TPSA) is 88.0 Å². The predicted octanol–water partition coefficient (Wildman–Crippen LogP) is 2.99. The third kappa shape index (κ3) is 2.65. The van der Waals surface area contributed by atoms with Crippen LogP contribution in [-0.2, 0) is 0 Å². The van der Waals surface area contributed by atoms with Gasteiger partial charge in [-0.1, -0.05) is 30.3 Å². The fourth-order valence-corrected chi connectivity index (χ4v) is 2.71. The van der Waals surface area contributed by atoms with Crippen molar-refractivity contribution in [3.63, 3.8) is 0 Å². The lowest BCUT2D eigenvalue weighted by Crippen LogP contribution is -2.13. The molecule has 0 aliphatic heterocycles. The van der Waals surface area contributed by atoms with Crippen molar-refractivity contribution in [1.82, 2.24) is 24.8 Å². The summed E-state index contributed by atoms with van der Waals surface area (Å²) in [6, 6.07) is 9.85. The Hall–Kier alpha value is -3.48. The molecule has 2 N–H and O–H groups in total. The van der Waals surface area contributed by atoms with Gasteiger partial charge >= 0.3 is 0 Å². The van der Waals surface area contributed by atoms with Crippen LogP contribution in [0.25, 0.3) is 16.9 Å². The number of fused-ring (bicyclic) bond motifs is 1. The molecule has 4 aromatic rings. The fraction of sp³-hybridized carbons (Fsp3) is 0.111. The smallest absolute Gasteiger partial charge is 0.262 e. The highest BCUT2D eigenvalue weighted by Crippen LogP contribution is 2.26. The Morgan fingerprint density at radius 3 is 2.76 bits per heavy atom. The van der Waals surface area contributed by atoms with Gasteiger partial charge in [0, 0.05) is 18.0 Å². The van der Waals surface area contributed by atoms with Crippen LogP contribution in [0, 0.1) is 13.8 Å². The number of nitrogens with zero attached hydrogens (tertiary/aromatic N) is 4. The molecule has 3 aromatic heterocycles. The zero-order valence-corrected chi connectivity index (χ0v) is 13.8. The van der Waals surface area contributed by atoms with Gasteiger partial charge in [0.1, 0.15) is 5.56 Å². The number of aryl methyl sites for hydroxylation is 1. The number of hydrogen-bond donors (Lipinski definition) is 2. The Morgan fingerprint density at radius 1 is 1.16 bits per heavy atom. The zero-order chi connectivity index (χ0) is 17.4. The van der Waals surface area contributed by atoms with E-state index in [9.17, 15) is 4.79 Å². The van der Waals surface area contributed by atoms with E-state index in [1.54, 1.807) is 10.7 Å². The molecule has 0 radical (unpaired) electrons. The van der Waals surface area contributed by atoms with Gasteiger partial charge in [-0.2, -0.15) is 10.2 Å². The van der Waals surface area contributed by atoms with Gasteiger partial charge in [-0.25, -0.2) is 9.50 Å². The number of nitrogens with one attached hydrogen (secondary N) is 2. The number of anilines is 1. The van der Waals surface area contributed by atoms with Gasteiger partial charge in [0.15, 0.2) is 11.5 Å². The minimum absolute atomic E-state index is 0.291. The van der Waals surface area contributed by atoms with E-state index in [0.29, 0.717) is 17.0 Å². The van der Waals surface area contributed by atoms with E-state index in [4.69, 9.17) is 0 Å². The van der Waals surface area contributed by atoms with E-state index in [0.717, 1.165) is 22.4 Å². The van der Waals surface area contributed by atoms with Crippen molar-refractivity contribution in [2.24, 2.45) is 0 Å². The normalized spacial score (nSPS) is 11.0. The Kier molecular flexibility index (Phi) is 3.53. The molecule has 124 valence electrons. The molecule has 1 aromatic carbocycles. The number of carbonyl (C=O) groups is 1. The molecule has 0 spiro atoms. The number of amides is 1. The number of benzene rings is 1. The van der Waals surface area contributed by atoms with Crippen molar-refractivity contribution in [2.75, 3.05) is 5.32 Å². The summed E-state index contributed by atoms with van der Waals surface area (Å²) in [7, 11) is 0. The Balaban J connectivity index is 1.64. The molecule has 0 unspecified atom stereocenters. The van der Waals surface area contributed by atoms with Gasteiger partial charge in [0.05, 0.1) is 11.9 Å². The van der Waals surface area contributed by atoms with Crippen LogP contribution < -0.4 is 5.32 Å². The van der Waals surface area contributed by atoms with E-state index in [-0.39, 0.29) is 5.91 Å². The number of carbonyl (C=O) groups excluding carboxylic acids is 1. The molecule has 7 heteroatoms. The molecule has 0 saturated carbocycles. The van der Waals surface area contributed by atoms with Gasteiger partial charge < -0.3 is 5.32 Å². The Bertz CT molecular complexity index is 1060. The Labute approximate surface area is 143 Å². The third-order valence-corrected chi connectivity index (χ3v) is 4.03. The molecule has 0 atom stereocenters. The minimum Gasteiger partial charge on any atom is -0.305 e. The molecule has 0 aliphatic carbocycles. The molecule has 0 aliphatic rings. The molecule has 7 nitrogen and oxygen atoms in total. The second kappa shape index (κ2) is 5.86. The molecule has 1 amide bonds. The summed E-state index contributed by atoms with van der Waals surface area (Å²) in [6.45, 7) is 3.84. The van der Waals surface area contributed by atoms with Crippen molar-refractivity contribution in [1.29, 1.82) is 0 Å². The highest BCUT2D eigenvalue weighted by atomic mass is 16.1. The quantitative estimate of drug-likeness (QED) is 0.604. The van der Waals surface area contributed by atoms with Crippen molar-refractivity contribution in [2.45, 2.75) is 13.8 Å². The first-order valence-corrected chi connectivity index (χ1v) is 7.85. The summed E-state index contributed by atoms with van der Waals surface area (Å²) in [6.07, 6.45) is 5.05. The van der Waals surface area contributed by atoms with Gasteiger partial charge in [0.2, 0.25) is 0 Å². The maximum atomic E-state index is 12.6. The van der Waals surface area contributed by atoms with E-state index in [1.807, 2.05) is 50.4 Å². The van der Waals surface area contributed by atoms with Gasteiger partial charge in [0.25, 0.3) is 5.91 Å². The van der Waals surface area contributed by atoms with Crippen molar-refractivity contribution in [3.8, 4) is 11.3 Å². The number of rotatable bonds is 3. The molecule has 0 bridgehead atoms. The molecular formula is C18H16N6O. The summed E-state index contributed by atoms with van der Waals surface area (Å²) in [5.74, 6) is 0.205. The molecule has 4 rings (SSSR count). The van der Waals surface area contributed by atoms with Crippen LogP contribution in [0.4, 0.5) is 5.82 Å². The molecule has 3 heterocycles. The van der Waals surface area contributed by atoms with E-state index in [2.05, 4.69) is 25.6 Å². The number of hydrogen-bond acceptors (Lipinski definition) is 4.